The highest BCUT2D eigenvalue weighted by atomic mass is 19.4. The number of aromatic nitrogens is 2. The molecule has 0 amide bonds. The zero-order valence-electron chi connectivity index (χ0n) is 8.40. The minimum Gasteiger partial charge on any atom is -0.478 e. The molecule has 2 rings (SSSR count). The van der Waals surface area contributed by atoms with Gasteiger partial charge in [-0.1, -0.05) is 6.07 Å². The molecule has 90 valence electrons. The van der Waals surface area contributed by atoms with Crippen molar-refractivity contribution in [1.82, 2.24) is 9.78 Å². The van der Waals surface area contributed by atoms with Gasteiger partial charge in [-0.05, 0) is 12.1 Å². The van der Waals surface area contributed by atoms with E-state index in [1.807, 2.05) is 0 Å². The lowest BCUT2D eigenvalue weighted by molar-refractivity contribution is -0.141. The van der Waals surface area contributed by atoms with Crippen LogP contribution < -0.4 is 0 Å². The largest absolute Gasteiger partial charge is 0.478 e. The summed E-state index contributed by atoms with van der Waals surface area (Å²) >= 11 is 0. The van der Waals surface area contributed by atoms with Crippen LogP contribution in [0.25, 0.3) is 10.9 Å². The zero-order valence-corrected chi connectivity index (χ0v) is 8.40. The van der Waals surface area contributed by atoms with Gasteiger partial charge in [-0.3, -0.25) is 4.68 Å². The Labute approximate surface area is 93.3 Å². The summed E-state index contributed by atoms with van der Waals surface area (Å²) in [5.74, 6) is -1.19. The van der Waals surface area contributed by atoms with Gasteiger partial charge in [0.15, 0.2) is 0 Å². The van der Waals surface area contributed by atoms with Crippen LogP contribution in [0.2, 0.25) is 0 Å². The van der Waals surface area contributed by atoms with Crippen LogP contribution in [0.1, 0.15) is 10.4 Å². The number of carboxylic acids is 1. The average Bonchev–Trinajstić information content (AvgIpc) is 2.58. The van der Waals surface area contributed by atoms with Crippen LogP contribution in [-0.2, 0) is 6.54 Å². The van der Waals surface area contributed by atoms with Crippen molar-refractivity contribution in [1.29, 1.82) is 0 Å². The predicted octanol–water partition coefficient (Wildman–Crippen LogP) is 2.30. The number of fused-ring (bicyclic) bond motifs is 1. The van der Waals surface area contributed by atoms with E-state index in [4.69, 9.17) is 5.11 Å². The lowest BCUT2D eigenvalue weighted by atomic mass is 10.2. The van der Waals surface area contributed by atoms with Gasteiger partial charge in [0.25, 0.3) is 0 Å². The molecule has 2 aromatic rings. The quantitative estimate of drug-likeness (QED) is 0.881. The molecule has 0 aliphatic heterocycles. The lowest BCUT2D eigenvalue weighted by Crippen LogP contribution is -2.18. The Kier molecular flexibility index (Phi) is 2.53. The van der Waals surface area contributed by atoms with Crippen molar-refractivity contribution in [2.45, 2.75) is 12.7 Å². The van der Waals surface area contributed by atoms with Crippen molar-refractivity contribution in [3.05, 3.63) is 30.0 Å². The highest BCUT2D eigenvalue weighted by Crippen LogP contribution is 2.22. The summed E-state index contributed by atoms with van der Waals surface area (Å²) in [5, 5.41) is 12.8. The highest BCUT2D eigenvalue weighted by Gasteiger charge is 2.29. The first-order valence-corrected chi connectivity index (χ1v) is 4.62. The Morgan fingerprint density at radius 3 is 2.71 bits per heavy atom. The molecule has 1 heterocycles. The molecule has 0 unspecified atom stereocenters. The Hall–Kier alpha value is -2.05. The third-order valence-corrected chi connectivity index (χ3v) is 2.22. The summed E-state index contributed by atoms with van der Waals surface area (Å²) in [5.41, 5.74) is 0.0867. The first-order valence-electron chi connectivity index (χ1n) is 4.62. The normalized spacial score (nSPS) is 11.9. The maximum absolute atomic E-state index is 12.2. The van der Waals surface area contributed by atoms with Gasteiger partial charge in [0, 0.05) is 5.39 Å². The van der Waals surface area contributed by atoms with Gasteiger partial charge in [-0.2, -0.15) is 18.3 Å². The van der Waals surface area contributed by atoms with Crippen molar-refractivity contribution in [2.75, 3.05) is 0 Å². The Balaban J connectivity index is 2.50. The molecule has 7 heteroatoms. The molecule has 17 heavy (non-hydrogen) atoms. The molecular formula is C10H7F3N2O2. The minimum absolute atomic E-state index is 0.0681. The second kappa shape index (κ2) is 3.76. The SMILES string of the molecule is O=C(O)c1ccc2cnn(CC(F)(F)F)c2c1. The number of rotatable bonds is 2. The maximum Gasteiger partial charge on any atom is 0.408 e. The van der Waals surface area contributed by atoms with E-state index in [0.717, 1.165) is 4.68 Å². The van der Waals surface area contributed by atoms with E-state index in [9.17, 15) is 18.0 Å². The van der Waals surface area contributed by atoms with Gasteiger partial charge < -0.3 is 5.11 Å². The Morgan fingerprint density at radius 2 is 2.12 bits per heavy atom. The number of halogens is 3. The van der Waals surface area contributed by atoms with E-state index in [0.29, 0.717) is 5.39 Å². The summed E-state index contributed by atoms with van der Waals surface area (Å²) < 4.78 is 37.4. The van der Waals surface area contributed by atoms with Crippen molar-refractivity contribution in [2.24, 2.45) is 0 Å². The molecule has 1 aromatic carbocycles. The average molecular weight is 244 g/mol. The molecule has 0 aliphatic rings. The van der Waals surface area contributed by atoms with E-state index in [1.165, 1.54) is 24.4 Å². The van der Waals surface area contributed by atoms with Crippen molar-refractivity contribution in [3.63, 3.8) is 0 Å². The van der Waals surface area contributed by atoms with Gasteiger partial charge in [0.2, 0.25) is 0 Å². The molecule has 4 nitrogen and oxygen atoms in total. The summed E-state index contributed by atoms with van der Waals surface area (Å²) in [7, 11) is 0. The highest BCUT2D eigenvalue weighted by molar-refractivity contribution is 5.93. The number of hydrogen-bond acceptors (Lipinski definition) is 2. The predicted molar refractivity (Wildman–Crippen MR) is 52.7 cm³/mol. The molecule has 0 bridgehead atoms. The van der Waals surface area contributed by atoms with Crippen LogP contribution in [0.4, 0.5) is 13.2 Å². The summed E-state index contributed by atoms with van der Waals surface area (Å²) in [6.07, 6.45) is -3.12. The first-order chi connectivity index (χ1) is 7.87. The summed E-state index contributed by atoms with van der Waals surface area (Å²) in [6, 6.07) is 3.93. The maximum atomic E-state index is 12.2. The zero-order chi connectivity index (χ0) is 12.6. The molecule has 1 N–H and O–H groups in total. The monoisotopic (exact) mass is 244 g/mol. The third-order valence-electron chi connectivity index (χ3n) is 2.22. The van der Waals surface area contributed by atoms with Crippen molar-refractivity contribution < 1.29 is 23.1 Å². The minimum atomic E-state index is -4.39. The van der Waals surface area contributed by atoms with Crippen LogP contribution in [0, 0.1) is 0 Å². The second-order valence-electron chi connectivity index (χ2n) is 3.50. The van der Waals surface area contributed by atoms with Gasteiger partial charge in [-0.25, -0.2) is 4.79 Å². The van der Waals surface area contributed by atoms with E-state index in [2.05, 4.69) is 5.10 Å². The number of hydrogen-bond donors (Lipinski definition) is 1. The summed E-state index contributed by atoms with van der Waals surface area (Å²) in [6.45, 7) is -1.24. The van der Waals surface area contributed by atoms with E-state index >= 15 is 0 Å². The van der Waals surface area contributed by atoms with Crippen LogP contribution in [0.5, 0.6) is 0 Å². The molecular weight excluding hydrogens is 237 g/mol. The molecule has 0 radical (unpaired) electrons. The van der Waals surface area contributed by atoms with Crippen molar-refractivity contribution in [3.8, 4) is 0 Å². The van der Waals surface area contributed by atoms with E-state index < -0.39 is 18.7 Å². The number of benzene rings is 1. The molecule has 0 fully saturated rings. The number of carboxylic acid groups (broad SMARTS) is 1. The molecule has 0 aliphatic carbocycles. The summed E-state index contributed by atoms with van der Waals surface area (Å²) in [4.78, 5) is 10.7. The number of carbonyl (C=O) groups is 1. The van der Waals surface area contributed by atoms with Crippen LogP contribution in [0.3, 0.4) is 0 Å². The number of alkyl halides is 3. The third kappa shape index (κ3) is 2.38. The first kappa shape index (κ1) is 11.4. The van der Waals surface area contributed by atoms with Gasteiger partial charge in [0.05, 0.1) is 17.3 Å². The molecule has 0 atom stereocenters. The standard InChI is InChI=1S/C10H7F3N2O2/c11-10(12,13)5-15-8-3-6(9(16)17)1-2-7(8)4-14-15/h1-4H,5H2,(H,16,17). The van der Waals surface area contributed by atoms with Gasteiger partial charge >= 0.3 is 12.1 Å². The second-order valence-corrected chi connectivity index (χ2v) is 3.50. The fourth-order valence-corrected chi connectivity index (χ4v) is 1.50. The van der Waals surface area contributed by atoms with Gasteiger partial charge in [0.1, 0.15) is 6.54 Å². The van der Waals surface area contributed by atoms with E-state index in [-0.39, 0.29) is 11.1 Å². The van der Waals surface area contributed by atoms with E-state index in [1.54, 1.807) is 0 Å². The smallest absolute Gasteiger partial charge is 0.408 e. The number of aromatic carboxylic acids is 1. The molecule has 0 spiro atoms. The molecule has 1 aromatic heterocycles. The molecule has 0 saturated carbocycles. The van der Waals surface area contributed by atoms with Gasteiger partial charge in [-0.15, -0.1) is 0 Å². The lowest BCUT2D eigenvalue weighted by Gasteiger charge is -2.07. The Bertz CT molecular complexity index is 574. The number of nitrogens with zero attached hydrogens (tertiary/aromatic N) is 2. The van der Waals surface area contributed by atoms with Crippen LogP contribution >= 0.6 is 0 Å². The van der Waals surface area contributed by atoms with Crippen LogP contribution in [0.15, 0.2) is 24.4 Å². The Morgan fingerprint density at radius 1 is 1.41 bits per heavy atom. The fourth-order valence-electron chi connectivity index (χ4n) is 1.50. The van der Waals surface area contributed by atoms with Crippen LogP contribution in [-0.4, -0.2) is 27.0 Å². The molecule has 0 saturated heterocycles. The topological polar surface area (TPSA) is 55.1 Å². The van der Waals surface area contributed by atoms with Crippen molar-refractivity contribution >= 4 is 16.9 Å². The fraction of sp³-hybridized carbons (Fsp3) is 0.200.